The first-order valence-electron chi connectivity index (χ1n) is 5.90. The molecule has 1 rings (SSSR count). The van der Waals surface area contributed by atoms with Crippen molar-refractivity contribution in [2.75, 3.05) is 26.8 Å². The van der Waals surface area contributed by atoms with Crippen molar-refractivity contribution in [2.24, 2.45) is 16.3 Å². The number of carbonyl (C=O) groups is 1. The summed E-state index contributed by atoms with van der Waals surface area (Å²) in [5, 5.41) is 11.9. The number of nitrogens with two attached hydrogens (primary N) is 1. The Hall–Kier alpha value is -1.30. The van der Waals surface area contributed by atoms with Crippen molar-refractivity contribution in [3.8, 4) is 0 Å². The molecule has 98 valence electrons. The van der Waals surface area contributed by atoms with Crippen LogP contribution in [0.5, 0.6) is 0 Å². The third-order valence-electron chi connectivity index (χ3n) is 3.26. The van der Waals surface area contributed by atoms with Gasteiger partial charge in [0.1, 0.15) is 5.41 Å². The van der Waals surface area contributed by atoms with Gasteiger partial charge < -0.3 is 20.6 Å². The summed E-state index contributed by atoms with van der Waals surface area (Å²) in [5.74, 6) is -0.0910. The molecule has 6 nitrogen and oxygen atoms in total. The Morgan fingerprint density at radius 1 is 1.53 bits per heavy atom. The normalized spacial score (nSPS) is 20.0. The second kappa shape index (κ2) is 5.86. The maximum Gasteiger partial charge on any atom is 0.236 e. The largest absolute Gasteiger partial charge is 0.409 e. The van der Waals surface area contributed by atoms with E-state index >= 15 is 0 Å². The Bertz CT molecular complexity index is 298. The minimum Gasteiger partial charge on any atom is -0.409 e. The molecule has 1 heterocycles. The lowest BCUT2D eigenvalue weighted by Crippen LogP contribution is -2.53. The maximum absolute atomic E-state index is 12.4. The molecule has 0 bridgehead atoms. The zero-order valence-corrected chi connectivity index (χ0v) is 10.5. The molecule has 1 amide bonds. The molecular weight excluding hydrogens is 222 g/mol. The Kier molecular flexibility index (Phi) is 4.74. The lowest BCUT2D eigenvalue weighted by molar-refractivity contribution is -0.141. The van der Waals surface area contributed by atoms with Crippen LogP contribution in [-0.4, -0.2) is 48.7 Å². The Morgan fingerprint density at radius 3 is 2.59 bits per heavy atom. The van der Waals surface area contributed by atoms with Crippen LogP contribution in [0, 0.1) is 5.41 Å². The van der Waals surface area contributed by atoms with Crippen LogP contribution in [0.25, 0.3) is 0 Å². The summed E-state index contributed by atoms with van der Waals surface area (Å²) < 4.78 is 5.25. The van der Waals surface area contributed by atoms with Gasteiger partial charge in [0.2, 0.25) is 5.91 Å². The highest BCUT2D eigenvalue weighted by atomic mass is 16.5. The topological polar surface area (TPSA) is 88.2 Å². The van der Waals surface area contributed by atoms with Gasteiger partial charge in [-0.2, -0.15) is 0 Å². The van der Waals surface area contributed by atoms with Crippen LogP contribution < -0.4 is 5.73 Å². The van der Waals surface area contributed by atoms with Crippen molar-refractivity contribution in [3.05, 3.63) is 0 Å². The molecule has 1 fully saturated rings. The fourth-order valence-electron chi connectivity index (χ4n) is 2.20. The van der Waals surface area contributed by atoms with E-state index in [0.717, 1.165) is 6.42 Å². The van der Waals surface area contributed by atoms with Crippen molar-refractivity contribution >= 4 is 11.7 Å². The van der Waals surface area contributed by atoms with Crippen molar-refractivity contribution in [1.82, 2.24) is 4.90 Å². The Morgan fingerprint density at radius 2 is 2.12 bits per heavy atom. The van der Waals surface area contributed by atoms with E-state index in [1.807, 2.05) is 6.92 Å². The van der Waals surface area contributed by atoms with E-state index in [2.05, 4.69) is 5.16 Å². The SMILES string of the molecule is CCCN(C)C(=O)C1(C(N)=NO)CCOCC1. The number of amidine groups is 1. The molecule has 0 aromatic rings. The summed E-state index contributed by atoms with van der Waals surface area (Å²) in [6.07, 6.45) is 1.82. The van der Waals surface area contributed by atoms with Gasteiger partial charge in [0.15, 0.2) is 5.84 Å². The third kappa shape index (κ3) is 2.69. The molecule has 0 radical (unpaired) electrons. The van der Waals surface area contributed by atoms with Gasteiger partial charge in [-0.1, -0.05) is 12.1 Å². The van der Waals surface area contributed by atoms with Crippen molar-refractivity contribution in [3.63, 3.8) is 0 Å². The smallest absolute Gasteiger partial charge is 0.236 e. The molecule has 0 aliphatic carbocycles. The number of hydrogen-bond acceptors (Lipinski definition) is 4. The average Bonchev–Trinajstić information content (AvgIpc) is 2.37. The molecule has 3 N–H and O–H groups in total. The number of amides is 1. The zero-order valence-electron chi connectivity index (χ0n) is 10.5. The molecule has 0 unspecified atom stereocenters. The molecule has 6 heteroatoms. The van der Waals surface area contributed by atoms with Gasteiger partial charge in [-0.3, -0.25) is 4.79 Å². The van der Waals surface area contributed by atoms with E-state index in [-0.39, 0.29) is 11.7 Å². The summed E-state index contributed by atoms with van der Waals surface area (Å²) in [6, 6.07) is 0. The van der Waals surface area contributed by atoms with Crippen molar-refractivity contribution in [2.45, 2.75) is 26.2 Å². The van der Waals surface area contributed by atoms with Crippen LogP contribution in [-0.2, 0) is 9.53 Å². The van der Waals surface area contributed by atoms with Gasteiger partial charge in [0.25, 0.3) is 0 Å². The van der Waals surface area contributed by atoms with E-state index < -0.39 is 5.41 Å². The Balaban J connectivity index is 2.93. The molecule has 0 atom stereocenters. The van der Waals surface area contributed by atoms with Gasteiger partial charge in [0, 0.05) is 26.8 Å². The predicted octanol–water partition coefficient (Wildman–Crippen LogP) is 0.398. The van der Waals surface area contributed by atoms with Crippen LogP contribution in [0.15, 0.2) is 5.16 Å². The quantitative estimate of drug-likeness (QED) is 0.324. The van der Waals surface area contributed by atoms with Gasteiger partial charge in [-0.05, 0) is 19.3 Å². The highest BCUT2D eigenvalue weighted by molar-refractivity contribution is 6.06. The van der Waals surface area contributed by atoms with Gasteiger partial charge in [0.05, 0.1) is 0 Å². The zero-order chi connectivity index (χ0) is 12.9. The number of hydrogen-bond donors (Lipinski definition) is 2. The average molecular weight is 243 g/mol. The minimum absolute atomic E-state index is 0.00578. The highest BCUT2D eigenvalue weighted by Crippen LogP contribution is 2.32. The van der Waals surface area contributed by atoms with E-state index in [4.69, 9.17) is 15.7 Å². The second-order valence-electron chi connectivity index (χ2n) is 4.41. The standard InChI is InChI=1S/C11H21N3O3/c1-3-6-14(2)10(15)11(9(12)13-16)4-7-17-8-5-11/h16H,3-8H2,1-2H3,(H2,12,13). The fourth-order valence-corrected chi connectivity index (χ4v) is 2.20. The summed E-state index contributed by atoms with van der Waals surface area (Å²) in [5.41, 5.74) is 4.82. The van der Waals surface area contributed by atoms with Crippen LogP contribution in [0.4, 0.5) is 0 Å². The van der Waals surface area contributed by atoms with Crippen LogP contribution in [0.2, 0.25) is 0 Å². The molecular formula is C11H21N3O3. The molecule has 1 aliphatic heterocycles. The van der Waals surface area contributed by atoms with Gasteiger partial charge in [-0.15, -0.1) is 0 Å². The summed E-state index contributed by atoms with van der Waals surface area (Å²) >= 11 is 0. The van der Waals surface area contributed by atoms with Crippen LogP contribution in [0.1, 0.15) is 26.2 Å². The number of carbonyl (C=O) groups excluding carboxylic acids is 1. The molecule has 1 saturated heterocycles. The number of nitrogens with zero attached hydrogens (tertiary/aromatic N) is 2. The van der Waals surface area contributed by atoms with Crippen molar-refractivity contribution in [1.29, 1.82) is 0 Å². The van der Waals surface area contributed by atoms with Crippen LogP contribution in [0.3, 0.4) is 0 Å². The second-order valence-corrected chi connectivity index (χ2v) is 4.41. The summed E-state index contributed by atoms with van der Waals surface area (Å²) in [7, 11) is 1.74. The van der Waals surface area contributed by atoms with Crippen molar-refractivity contribution < 1.29 is 14.7 Å². The first kappa shape index (κ1) is 13.8. The van der Waals surface area contributed by atoms with E-state index in [1.54, 1.807) is 11.9 Å². The van der Waals surface area contributed by atoms with E-state index in [0.29, 0.717) is 32.6 Å². The first-order valence-corrected chi connectivity index (χ1v) is 5.90. The lowest BCUT2D eigenvalue weighted by Gasteiger charge is -2.37. The molecule has 0 aromatic carbocycles. The number of rotatable bonds is 4. The lowest BCUT2D eigenvalue weighted by atomic mass is 9.77. The summed E-state index contributed by atoms with van der Waals surface area (Å²) in [6.45, 7) is 3.59. The molecule has 0 aromatic heterocycles. The number of oxime groups is 1. The molecule has 1 aliphatic rings. The highest BCUT2D eigenvalue weighted by Gasteiger charge is 2.45. The van der Waals surface area contributed by atoms with E-state index in [9.17, 15) is 4.79 Å². The molecule has 0 spiro atoms. The van der Waals surface area contributed by atoms with Gasteiger partial charge >= 0.3 is 0 Å². The minimum atomic E-state index is -0.892. The third-order valence-corrected chi connectivity index (χ3v) is 3.26. The fraction of sp³-hybridized carbons (Fsp3) is 0.818. The predicted molar refractivity (Wildman–Crippen MR) is 63.8 cm³/mol. The maximum atomic E-state index is 12.4. The van der Waals surface area contributed by atoms with Gasteiger partial charge in [-0.25, -0.2) is 0 Å². The van der Waals surface area contributed by atoms with E-state index in [1.165, 1.54) is 0 Å². The Labute approximate surface area is 101 Å². The monoisotopic (exact) mass is 243 g/mol. The first-order chi connectivity index (χ1) is 8.08. The van der Waals surface area contributed by atoms with Crippen LogP contribution >= 0.6 is 0 Å². The number of ether oxygens (including phenoxy) is 1. The summed E-state index contributed by atoms with van der Waals surface area (Å²) in [4.78, 5) is 14.1. The molecule has 0 saturated carbocycles. The molecule has 17 heavy (non-hydrogen) atoms.